The minimum absolute atomic E-state index is 0.533. The van der Waals surface area contributed by atoms with Gasteiger partial charge in [-0.2, -0.15) is 0 Å². The van der Waals surface area contributed by atoms with Gasteiger partial charge in [0.15, 0.2) is 5.96 Å². The van der Waals surface area contributed by atoms with E-state index < -0.39 is 0 Å². The average Bonchev–Trinajstić information content (AvgIpc) is 3.17. The molecule has 2 aliphatic carbocycles. The molecule has 130 valence electrons. The van der Waals surface area contributed by atoms with E-state index in [4.69, 9.17) is 11.6 Å². The summed E-state index contributed by atoms with van der Waals surface area (Å²) in [6.07, 6.45) is 3.96. The number of guanidine groups is 1. The van der Waals surface area contributed by atoms with Crippen LogP contribution in [0.2, 0.25) is 5.15 Å². The molecule has 2 aliphatic rings. The predicted molar refractivity (Wildman–Crippen MR) is 102 cm³/mol. The second-order valence-electron chi connectivity index (χ2n) is 6.88. The maximum atomic E-state index is 5.81. The molecular weight excluding hydrogens is 332 g/mol. The first-order valence-electron chi connectivity index (χ1n) is 8.89. The Morgan fingerprint density at radius 3 is 2.92 bits per heavy atom. The molecule has 5 heteroatoms. The molecule has 1 fully saturated rings. The molecule has 2 N–H and O–H groups in total. The first kappa shape index (κ1) is 16.4. The van der Waals surface area contributed by atoms with Crippen molar-refractivity contribution in [1.29, 1.82) is 0 Å². The van der Waals surface area contributed by atoms with E-state index in [1.807, 2.05) is 25.4 Å². The molecule has 1 saturated carbocycles. The Bertz CT molecular complexity index is 772. The fourth-order valence-electron chi connectivity index (χ4n) is 4.08. The zero-order valence-corrected chi connectivity index (χ0v) is 15.1. The first-order valence-corrected chi connectivity index (χ1v) is 9.27. The summed E-state index contributed by atoms with van der Waals surface area (Å²) >= 11 is 5.81. The number of nitrogens with zero attached hydrogens (tertiary/aromatic N) is 2. The Balaban J connectivity index is 1.22. The molecule has 4 rings (SSSR count). The van der Waals surface area contributed by atoms with Crippen LogP contribution < -0.4 is 10.6 Å². The van der Waals surface area contributed by atoms with Crippen LogP contribution in [0.3, 0.4) is 0 Å². The molecule has 0 aliphatic heterocycles. The molecule has 1 aromatic heterocycles. The van der Waals surface area contributed by atoms with Crippen molar-refractivity contribution in [2.75, 3.05) is 20.1 Å². The van der Waals surface area contributed by atoms with E-state index in [1.54, 1.807) is 11.1 Å². The molecule has 1 aromatic carbocycles. The maximum Gasteiger partial charge on any atom is 0.190 e. The van der Waals surface area contributed by atoms with Gasteiger partial charge in [-0.3, -0.25) is 4.99 Å². The second kappa shape index (κ2) is 7.04. The zero-order chi connectivity index (χ0) is 17.2. The van der Waals surface area contributed by atoms with Gasteiger partial charge in [0.25, 0.3) is 0 Å². The van der Waals surface area contributed by atoms with Gasteiger partial charge in [-0.25, -0.2) is 4.98 Å². The molecule has 1 heterocycles. The van der Waals surface area contributed by atoms with Gasteiger partial charge in [0.2, 0.25) is 0 Å². The third-order valence-corrected chi connectivity index (χ3v) is 5.65. The normalized spacial score (nSPS) is 23.8. The fourth-order valence-corrected chi connectivity index (χ4v) is 4.19. The van der Waals surface area contributed by atoms with Gasteiger partial charge in [-0.15, -0.1) is 0 Å². The lowest BCUT2D eigenvalue weighted by Crippen LogP contribution is -2.39. The summed E-state index contributed by atoms with van der Waals surface area (Å²) in [5, 5.41) is 7.40. The molecule has 0 radical (unpaired) electrons. The molecular formula is C20H23ClN4. The van der Waals surface area contributed by atoms with Crippen molar-refractivity contribution in [3.05, 3.63) is 64.4 Å². The van der Waals surface area contributed by atoms with Crippen LogP contribution in [0.4, 0.5) is 0 Å². The quantitative estimate of drug-likeness (QED) is 0.493. The van der Waals surface area contributed by atoms with Gasteiger partial charge in [-0.1, -0.05) is 41.9 Å². The van der Waals surface area contributed by atoms with Crippen molar-refractivity contribution in [3.8, 4) is 0 Å². The monoisotopic (exact) mass is 354 g/mol. The Morgan fingerprint density at radius 1 is 1.24 bits per heavy atom. The number of hydrogen-bond acceptors (Lipinski definition) is 2. The molecule has 2 aromatic rings. The highest BCUT2D eigenvalue weighted by molar-refractivity contribution is 6.29. The van der Waals surface area contributed by atoms with Crippen LogP contribution in [0, 0.1) is 11.8 Å². The number of benzene rings is 1. The topological polar surface area (TPSA) is 49.3 Å². The number of aromatic nitrogens is 1. The number of aliphatic imine (C=N–C) groups is 1. The number of rotatable bonds is 5. The number of hydrogen-bond donors (Lipinski definition) is 2. The summed E-state index contributed by atoms with van der Waals surface area (Å²) in [6, 6.07) is 12.7. The second-order valence-corrected chi connectivity index (χ2v) is 7.26. The lowest BCUT2D eigenvalue weighted by Gasteiger charge is -2.13. The van der Waals surface area contributed by atoms with E-state index in [9.17, 15) is 0 Å². The average molecular weight is 355 g/mol. The van der Waals surface area contributed by atoms with Crippen LogP contribution in [-0.4, -0.2) is 31.1 Å². The van der Waals surface area contributed by atoms with Gasteiger partial charge in [0.05, 0.1) is 0 Å². The van der Waals surface area contributed by atoms with Gasteiger partial charge in [0, 0.05) is 26.3 Å². The first-order chi connectivity index (χ1) is 12.3. The highest BCUT2D eigenvalue weighted by Crippen LogP contribution is 2.60. The molecule has 0 saturated heterocycles. The zero-order valence-electron chi connectivity index (χ0n) is 14.4. The van der Waals surface area contributed by atoms with Crippen molar-refractivity contribution in [3.63, 3.8) is 0 Å². The minimum atomic E-state index is 0.533. The summed E-state index contributed by atoms with van der Waals surface area (Å²) < 4.78 is 0. The highest BCUT2D eigenvalue weighted by Gasteiger charge is 2.54. The van der Waals surface area contributed by atoms with E-state index in [-0.39, 0.29) is 0 Å². The largest absolute Gasteiger partial charge is 0.356 e. The summed E-state index contributed by atoms with van der Waals surface area (Å²) in [5.41, 5.74) is 4.28. The smallest absolute Gasteiger partial charge is 0.190 e. The number of pyridine rings is 1. The fraction of sp³-hybridized carbons (Fsp3) is 0.400. The molecule has 0 bridgehead atoms. The van der Waals surface area contributed by atoms with Gasteiger partial charge in [0.1, 0.15) is 5.15 Å². The van der Waals surface area contributed by atoms with E-state index >= 15 is 0 Å². The van der Waals surface area contributed by atoms with Crippen molar-refractivity contribution < 1.29 is 0 Å². The third kappa shape index (κ3) is 3.49. The Morgan fingerprint density at radius 2 is 2.12 bits per heavy atom. The molecule has 3 unspecified atom stereocenters. The Kier molecular flexibility index (Phi) is 4.62. The van der Waals surface area contributed by atoms with Crippen molar-refractivity contribution >= 4 is 17.6 Å². The standard InChI is InChI=1S/C20H23ClN4/c1-22-20(23-9-8-13-6-7-18(21)24-11-13)25-12-17-16-10-14-4-2-3-5-15(14)19(16)17/h2-7,11,16-17,19H,8-10,12H2,1H3,(H2,22,23,25). The van der Waals surface area contributed by atoms with Crippen LogP contribution in [0.5, 0.6) is 0 Å². The summed E-state index contributed by atoms with van der Waals surface area (Å²) in [4.78, 5) is 8.44. The summed E-state index contributed by atoms with van der Waals surface area (Å²) in [7, 11) is 1.82. The Labute approximate surface area is 153 Å². The van der Waals surface area contributed by atoms with Crippen LogP contribution in [0.1, 0.15) is 22.6 Å². The van der Waals surface area contributed by atoms with Crippen LogP contribution in [0.25, 0.3) is 0 Å². The van der Waals surface area contributed by atoms with Gasteiger partial charge in [-0.05, 0) is 53.4 Å². The van der Waals surface area contributed by atoms with Crippen molar-refractivity contribution in [2.24, 2.45) is 16.8 Å². The SMILES string of the molecule is CN=C(NCCc1ccc(Cl)nc1)NCC1C2Cc3ccccc3C12. The summed E-state index contributed by atoms with van der Waals surface area (Å²) in [6.45, 7) is 1.81. The minimum Gasteiger partial charge on any atom is -0.356 e. The lowest BCUT2D eigenvalue weighted by molar-refractivity contribution is 0.653. The van der Waals surface area contributed by atoms with Gasteiger partial charge < -0.3 is 10.6 Å². The van der Waals surface area contributed by atoms with Crippen LogP contribution in [-0.2, 0) is 12.8 Å². The van der Waals surface area contributed by atoms with E-state index in [1.165, 1.54) is 12.0 Å². The highest BCUT2D eigenvalue weighted by atomic mass is 35.5. The Hall–Kier alpha value is -2.07. The van der Waals surface area contributed by atoms with E-state index in [2.05, 4.69) is 44.9 Å². The lowest BCUT2D eigenvalue weighted by atomic mass is 10.0. The summed E-state index contributed by atoms with van der Waals surface area (Å²) in [5.74, 6) is 3.19. The molecule has 3 atom stereocenters. The number of nitrogens with one attached hydrogen (secondary N) is 2. The molecule has 25 heavy (non-hydrogen) atoms. The van der Waals surface area contributed by atoms with Crippen molar-refractivity contribution in [2.45, 2.75) is 18.8 Å². The molecule has 4 nitrogen and oxygen atoms in total. The number of fused-ring (bicyclic) bond motifs is 3. The van der Waals surface area contributed by atoms with E-state index in [0.717, 1.165) is 43.2 Å². The van der Waals surface area contributed by atoms with Crippen LogP contribution >= 0.6 is 11.6 Å². The molecule has 0 amide bonds. The van der Waals surface area contributed by atoms with Crippen LogP contribution in [0.15, 0.2) is 47.6 Å². The third-order valence-electron chi connectivity index (χ3n) is 5.43. The van der Waals surface area contributed by atoms with E-state index in [0.29, 0.717) is 5.15 Å². The maximum absolute atomic E-state index is 5.81. The van der Waals surface area contributed by atoms with Crippen molar-refractivity contribution in [1.82, 2.24) is 15.6 Å². The number of halogens is 1. The molecule has 0 spiro atoms. The predicted octanol–water partition coefficient (Wildman–Crippen LogP) is 3.03. The van der Waals surface area contributed by atoms with Gasteiger partial charge >= 0.3 is 0 Å².